The molecule has 116 valence electrons. The Hall–Kier alpha value is -1.76. The van der Waals surface area contributed by atoms with Crippen LogP contribution < -0.4 is 15.5 Å². The molecule has 5 nitrogen and oxygen atoms in total. The smallest absolute Gasteiger partial charge is 0.171 e. The summed E-state index contributed by atoms with van der Waals surface area (Å²) in [6.45, 7) is 5.82. The van der Waals surface area contributed by atoms with Crippen molar-refractivity contribution < 1.29 is 9.64 Å². The number of anilines is 1. The molecule has 0 atom stereocenters. The molecule has 0 radical (unpaired) electrons. The van der Waals surface area contributed by atoms with Gasteiger partial charge in [-0.15, -0.1) is 0 Å². The number of benzene rings is 1. The number of pyridine rings is 1. The number of aromatic nitrogens is 1. The van der Waals surface area contributed by atoms with Gasteiger partial charge < -0.3 is 20.3 Å². The number of thiocarbonyl (C=S) groups is 1. The van der Waals surface area contributed by atoms with Crippen molar-refractivity contribution >= 4 is 33.8 Å². The highest BCUT2D eigenvalue weighted by molar-refractivity contribution is 7.80. The number of rotatable bonds is 4. The number of hydrogen-bond acceptors (Lipinski definition) is 3. The van der Waals surface area contributed by atoms with E-state index in [2.05, 4.69) is 15.6 Å². The van der Waals surface area contributed by atoms with Gasteiger partial charge in [-0.3, -0.25) is 4.98 Å². The van der Waals surface area contributed by atoms with Gasteiger partial charge in [-0.05, 0) is 24.4 Å². The minimum Gasteiger partial charge on any atom is -0.370 e. The van der Waals surface area contributed by atoms with Crippen molar-refractivity contribution in [1.82, 2.24) is 10.3 Å². The molecule has 1 fully saturated rings. The fraction of sp³-hybridized carbons (Fsp3) is 0.375. The third kappa shape index (κ3) is 3.91. The third-order valence-corrected chi connectivity index (χ3v) is 4.14. The summed E-state index contributed by atoms with van der Waals surface area (Å²) < 4.78 is 5.36. The van der Waals surface area contributed by atoms with Crippen molar-refractivity contribution in [3.05, 3.63) is 36.7 Å². The van der Waals surface area contributed by atoms with Gasteiger partial charge in [0.15, 0.2) is 5.11 Å². The predicted molar refractivity (Wildman–Crippen MR) is 92.3 cm³/mol. The summed E-state index contributed by atoms with van der Waals surface area (Å²) in [5, 5.41) is 9.46. The molecule has 3 N–H and O–H groups in total. The molecule has 0 unspecified atom stereocenters. The molecular weight excluding hydrogens is 296 g/mol. The Bertz CT molecular complexity index is 638. The Kier molecular flexibility index (Phi) is 5.15. The highest BCUT2D eigenvalue weighted by Gasteiger charge is 2.13. The Morgan fingerprint density at radius 1 is 1.27 bits per heavy atom. The molecule has 22 heavy (non-hydrogen) atoms. The van der Waals surface area contributed by atoms with E-state index in [1.165, 1.54) is 0 Å². The minimum atomic E-state index is 0.664. The lowest BCUT2D eigenvalue weighted by Crippen LogP contribution is -3.14. The fourth-order valence-electron chi connectivity index (χ4n) is 2.66. The quantitative estimate of drug-likeness (QED) is 0.715. The number of morpholine rings is 1. The highest BCUT2D eigenvalue weighted by atomic mass is 32.1. The average molecular weight is 317 g/mol. The predicted octanol–water partition coefficient (Wildman–Crippen LogP) is 0.436. The first-order valence-electron chi connectivity index (χ1n) is 7.62. The molecule has 0 amide bonds. The van der Waals surface area contributed by atoms with Gasteiger partial charge in [-0.1, -0.05) is 12.1 Å². The van der Waals surface area contributed by atoms with E-state index >= 15 is 0 Å². The number of hydrogen-bond donors (Lipinski definition) is 3. The summed E-state index contributed by atoms with van der Waals surface area (Å²) in [5.41, 5.74) is 1.01. The molecular formula is C16H21N4OS+. The average Bonchev–Trinajstić information content (AvgIpc) is 2.56. The van der Waals surface area contributed by atoms with Crippen LogP contribution in [0.1, 0.15) is 0 Å². The standard InChI is InChI=1S/C16H20N4OS/c22-16(18-6-7-20-8-10-21-11-9-20)19-15-3-1-2-13-12-17-5-4-14(13)15/h1-5,12H,6-11H2,(H2,18,19,22)/p+1. The maximum absolute atomic E-state index is 5.39. The summed E-state index contributed by atoms with van der Waals surface area (Å²) in [5.74, 6) is 0. The van der Waals surface area contributed by atoms with Crippen molar-refractivity contribution in [1.29, 1.82) is 0 Å². The van der Waals surface area contributed by atoms with Crippen LogP contribution in [-0.4, -0.2) is 49.5 Å². The van der Waals surface area contributed by atoms with Gasteiger partial charge in [0.05, 0.1) is 26.3 Å². The van der Waals surface area contributed by atoms with Gasteiger partial charge in [-0.2, -0.15) is 0 Å². The molecule has 0 spiro atoms. The molecule has 3 rings (SSSR count). The topological polar surface area (TPSA) is 50.6 Å². The normalized spacial score (nSPS) is 15.6. The monoisotopic (exact) mass is 317 g/mol. The molecule has 1 saturated heterocycles. The lowest BCUT2D eigenvalue weighted by Gasteiger charge is -2.24. The number of nitrogens with one attached hydrogen (secondary N) is 3. The maximum Gasteiger partial charge on any atom is 0.171 e. The minimum absolute atomic E-state index is 0.664. The van der Waals surface area contributed by atoms with Gasteiger partial charge in [-0.25, -0.2) is 0 Å². The Morgan fingerprint density at radius 2 is 2.14 bits per heavy atom. The van der Waals surface area contributed by atoms with Crippen LogP contribution in [-0.2, 0) is 4.74 Å². The van der Waals surface area contributed by atoms with E-state index in [0.29, 0.717) is 5.11 Å². The summed E-state index contributed by atoms with van der Waals surface area (Å²) in [4.78, 5) is 5.71. The summed E-state index contributed by atoms with van der Waals surface area (Å²) in [6, 6.07) is 8.08. The summed E-state index contributed by atoms with van der Waals surface area (Å²) >= 11 is 5.39. The Balaban J connectivity index is 1.52. The number of quaternary nitrogens is 1. The largest absolute Gasteiger partial charge is 0.370 e. The first kappa shape index (κ1) is 15.1. The van der Waals surface area contributed by atoms with Crippen molar-refractivity contribution in [2.45, 2.75) is 0 Å². The van der Waals surface area contributed by atoms with Crippen LogP contribution in [0, 0.1) is 0 Å². The zero-order valence-electron chi connectivity index (χ0n) is 12.5. The van der Waals surface area contributed by atoms with Crippen LogP contribution in [0.2, 0.25) is 0 Å². The zero-order valence-corrected chi connectivity index (χ0v) is 13.3. The van der Waals surface area contributed by atoms with Gasteiger partial charge >= 0.3 is 0 Å². The van der Waals surface area contributed by atoms with E-state index in [1.807, 2.05) is 30.5 Å². The first-order valence-corrected chi connectivity index (χ1v) is 8.03. The number of ether oxygens (including phenoxy) is 1. The molecule has 0 bridgehead atoms. The number of nitrogens with zero attached hydrogens (tertiary/aromatic N) is 1. The molecule has 2 aromatic rings. The maximum atomic E-state index is 5.39. The molecule has 1 aliphatic heterocycles. The van der Waals surface area contributed by atoms with E-state index < -0.39 is 0 Å². The molecule has 1 aromatic carbocycles. The molecule has 1 aromatic heterocycles. The number of fused-ring (bicyclic) bond motifs is 1. The molecule has 1 aliphatic rings. The van der Waals surface area contributed by atoms with Gasteiger partial charge in [0, 0.05) is 28.9 Å². The van der Waals surface area contributed by atoms with Crippen LogP contribution in [0.4, 0.5) is 5.69 Å². The van der Waals surface area contributed by atoms with Crippen molar-refractivity contribution in [2.75, 3.05) is 44.7 Å². The Morgan fingerprint density at radius 3 is 3.00 bits per heavy atom. The van der Waals surface area contributed by atoms with Gasteiger partial charge in [0.2, 0.25) is 0 Å². The van der Waals surface area contributed by atoms with Gasteiger partial charge in [0.25, 0.3) is 0 Å². The lowest BCUT2D eigenvalue weighted by molar-refractivity contribution is -0.906. The summed E-state index contributed by atoms with van der Waals surface area (Å²) in [6.07, 6.45) is 3.66. The Labute approximate surface area is 135 Å². The fourth-order valence-corrected chi connectivity index (χ4v) is 2.87. The molecule has 2 heterocycles. The summed E-state index contributed by atoms with van der Waals surface area (Å²) in [7, 11) is 0. The van der Waals surface area contributed by atoms with Crippen molar-refractivity contribution in [3.63, 3.8) is 0 Å². The lowest BCUT2D eigenvalue weighted by atomic mass is 10.1. The first-order chi connectivity index (χ1) is 10.8. The van der Waals surface area contributed by atoms with Crippen LogP contribution in [0.25, 0.3) is 10.8 Å². The van der Waals surface area contributed by atoms with Gasteiger partial charge in [0.1, 0.15) is 13.1 Å². The van der Waals surface area contributed by atoms with E-state index in [-0.39, 0.29) is 0 Å². The van der Waals surface area contributed by atoms with Crippen LogP contribution in [0.5, 0.6) is 0 Å². The van der Waals surface area contributed by atoms with Crippen LogP contribution >= 0.6 is 12.2 Å². The third-order valence-electron chi connectivity index (χ3n) is 3.89. The van der Waals surface area contributed by atoms with E-state index in [4.69, 9.17) is 17.0 Å². The van der Waals surface area contributed by atoms with Crippen LogP contribution in [0.3, 0.4) is 0 Å². The zero-order chi connectivity index (χ0) is 15.2. The molecule has 6 heteroatoms. The SMILES string of the molecule is S=C(NCC[NH+]1CCOCC1)Nc1cccc2cnccc12. The van der Waals surface area contributed by atoms with Crippen LogP contribution in [0.15, 0.2) is 36.7 Å². The second kappa shape index (κ2) is 7.49. The van der Waals surface area contributed by atoms with E-state index in [1.54, 1.807) is 11.1 Å². The van der Waals surface area contributed by atoms with E-state index in [9.17, 15) is 0 Å². The van der Waals surface area contributed by atoms with Crippen molar-refractivity contribution in [2.24, 2.45) is 0 Å². The molecule has 0 saturated carbocycles. The van der Waals surface area contributed by atoms with E-state index in [0.717, 1.165) is 55.9 Å². The second-order valence-electron chi connectivity index (χ2n) is 5.40. The second-order valence-corrected chi connectivity index (χ2v) is 5.80. The molecule has 0 aliphatic carbocycles. The highest BCUT2D eigenvalue weighted by Crippen LogP contribution is 2.21. The van der Waals surface area contributed by atoms with Crippen molar-refractivity contribution in [3.8, 4) is 0 Å².